The van der Waals surface area contributed by atoms with Crippen molar-refractivity contribution in [3.05, 3.63) is 29.8 Å². The number of hydrogen-bond donors (Lipinski definition) is 2. The van der Waals surface area contributed by atoms with Crippen LogP contribution in [0.4, 0.5) is 0 Å². The highest BCUT2D eigenvalue weighted by Crippen LogP contribution is 2.16. The lowest BCUT2D eigenvalue weighted by atomic mass is 10.0. The molecular formula is C10H14ClNS. The molecule has 0 unspecified atom stereocenters. The monoisotopic (exact) mass is 215 g/mol. The van der Waals surface area contributed by atoms with Crippen LogP contribution < -0.4 is 5.73 Å². The first-order valence-electron chi connectivity index (χ1n) is 4.27. The molecule has 0 aliphatic carbocycles. The lowest BCUT2D eigenvalue weighted by Crippen LogP contribution is -2.31. The number of hydrogen-bond acceptors (Lipinski definition) is 2. The van der Waals surface area contributed by atoms with Gasteiger partial charge in [-0.3, -0.25) is 0 Å². The lowest BCUT2D eigenvalue weighted by Gasteiger charge is -2.14. The van der Waals surface area contributed by atoms with E-state index in [9.17, 15) is 0 Å². The van der Waals surface area contributed by atoms with E-state index in [1.165, 1.54) is 0 Å². The summed E-state index contributed by atoms with van der Waals surface area (Å²) < 4.78 is 0. The predicted octanol–water partition coefficient (Wildman–Crippen LogP) is 2.47. The number of halogens is 1. The van der Waals surface area contributed by atoms with E-state index < -0.39 is 0 Å². The summed E-state index contributed by atoms with van der Waals surface area (Å²) in [4.78, 5) is 0.982. The smallest absolute Gasteiger partial charge is 0.0462 e. The largest absolute Gasteiger partial charge is 0.326 e. The van der Waals surface area contributed by atoms with Gasteiger partial charge in [0.05, 0.1) is 0 Å². The standard InChI is InChI=1S/C10H14ClNS/c1-7(11)9(12)6-8-4-2-3-5-10(8)13/h2-5,7,9,13H,6,12H2,1H3/t7-,9-/m1/s1. The first-order chi connectivity index (χ1) is 6.11. The number of rotatable bonds is 3. The maximum Gasteiger partial charge on any atom is 0.0462 e. The fourth-order valence-electron chi connectivity index (χ4n) is 1.10. The molecule has 0 bridgehead atoms. The van der Waals surface area contributed by atoms with Crippen LogP contribution in [0.3, 0.4) is 0 Å². The van der Waals surface area contributed by atoms with Gasteiger partial charge >= 0.3 is 0 Å². The molecule has 0 radical (unpaired) electrons. The molecule has 1 rings (SSSR count). The lowest BCUT2D eigenvalue weighted by molar-refractivity contribution is 0.648. The van der Waals surface area contributed by atoms with E-state index >= 15 is 0 Å². The van der Waals surface area contributed by atoms with Crippen molar-refractivity contribution in [3.63, 3.8) is 0 Å². The van der Waals surface area contributed by atoms with Gasteiger partial charge in [-0.2, -0.15) is 0 Å². The highest BCUT2D eigenvalue weighted by molar-refractivity contribution is 7.80. The third-order valence-electron chi connectivity index (χ3n) is 2.04. The molecule has 0 aliphatic rings. The quantitative estimate of drug-likeness (QED) is 0.588. The van der Waals surface area contributed by atoms with Crippen molar-refractivity contribution in [1.29, 1.82) is 0 Å². The Labute approximate surface area is 89.7 Å². The highest BCUT2D eigenvalue weighted by atomic mass is 35.5. The zero-order valence-corrected chi connectivity index (χ0v) is 9.22. The zero-order valence-electron chi connectivity index (χ0n) is 7.57. The third kappa shape index (κ3) is 3.22. The van der Waals surface area contributed by atoms with Gasteiger partial charge < -0.3 is 5.73 Å². The van der Waals surface area contributed by atoms with Crippen LogP contribution in [0.15, 0.2) is 29.2 Å². The second-order valence-corrected chi connectivity index (χ2v) is 4.34. The second-order valence-electron chi connectivity index (χ2n) is 3.17. The second kappa shape index (κ2) is 4.89. The summed E-state index contributed by atoms with van der Waals surface area (Å²) in [6, 6.07) is 7.93. The van der Waals surface area contributed by atoms with Crippen molar-refractivity contribution < 1.29 is 0 Å². The summed E-state index contributed by atoms with van der Waals surface area (Å²) in [6.07, 6.45) is 0.782. The van der Waals surface area contributed by atoms with Gasteiger partial charge in [0.15, 0.2) is 0 Å². The number of benzene rings is 1. The van der Waals surface area contributed by atoms with Gasteiger partial charge in [-0.1, -0.05) is 18.2 Å². The van der Waals surface area contributed by atoms with Gasteiger partial charge in [-0.05, 0) is 25.0 Å². The molecule has 1 nitrogen and oxygen atoms in total. The molecule has 1 aromatic carbocycles. The zero-order chi connectivity index (χ0) is 9.84. The summed E-state index contributed by atoms with van der Waals surface area (Å²) >= 11 is 10.2. The molecule has 0 saturated carbocycles. The van der Waals surface area contributed by atoms with Crippen molar-refractivity contribution in [3.8, 4) is 0 Å². The minimum Gasteiger partial charge on any atom is -0.326 e. The third-order valence-corrected chi connectivity index (χ3v) is 2.80. The van der Waals surface area contributed by atoms with Crippen molar-refractivity contribution >= 4 is 24.2 Å². The fraction of sp³-hybridized carbons (Fsp3) is 0.400. The number of nitrogens with two attached hydrogens (primary N) is 1. The Morgan fingerprint density at radius 2 is 2.08 bits per heavy atom. The molecule has 72 valence electrons. The van der Waals surface area contributed by atoms with Crippen molar-refractivity contribution in [1.82, 2.24) is 0 Å². The molecule has 1 aromatic rings. The van der Waals surface area contributed by atoms with Crippen LogP contribution >= 0.6 is 24.2 Å². The Morgan fingerprint density at radius 3 is 2.62 bits per heavy atom. The molecular weight excluding hydrogens is 202 g/mol. The van der Waals surface area contributed by atoms with E-state index in [-0.39, 0.29) is 11.4 Å². The molecule has 0 saturated heterocycles. The first-order valence-corrected chi connectivity index (χ1v) is 5.16. The van der Waals surface area contributed by atoms with E-state index in [1.54, 1.807) is 0 Å². The van der Waals surface area contributed by atoms with Crippen LogP contribution in [0.25, 0.3) is 0 Å². The molecule has 0 amide bonds. The molecule has 0 fully saturated rings. The Bertz CT molecular complexity index is 275. The molecule has 0 spiro atoms. The molecule has 2 N–H and O–H groups in total. The van der Waals surface area contributed by atoms with Crippen LogP contribution in [0.5, 0.6) is 0 Å². The van der Waals surface area contributed by atoms with Crippen LogP contribution in [0.2, 0.25) is 0 Å². The Morgan fingerprint density at radius 1 is 1.46 bits per heavy atom. The summed E-state index contributed by atoms with van der Waals surface area (Å²) in [5.41, 5.74) is 7.01. The van der Waals surface area contributed by atoms with Gasteiger partial charge in [0.1, 0.15) is 0 Å². The van der Waals surface area contributed by atoms with Crippen LogP contribution in [0.1, 0.15) is 12.5 Å². The average molecular weight is 216 g/mol. The molecule has 13 heavy (non-hydrogen) atoms. The Balaban J connectivity index is 2.69. The fourth-order valence-corrected chi connectivity index (χ4v) is 1.44. The van der Waals surface area contributed by atoms with Crippen molar-refractivity contribution in [2.45, 2.75) is 29.7 Å². The SMILES string of the molecule is C[C@@H](Cl)[C@H](N)Cc1ccccc1S. The van der Waals surface area contributed by atoms with E-state index in [0.717, 1.165) is 16.9 Å². The van der Waals surface area contributed by atoms with Gasteiger partial charge in [0, 0.05) is 16.3 Å². The van der Waals surface area contributed by atoms with Crippen molar-refractivity contribution in [2.75, 3.05) is 0 Å². The van der Waals surface area contributed by atoms with Crippen LogP contribution in [-0.2, 0) is 6.42 Å². The van der Waals surface area contributed by atoms with Crippen LogP contribution in [0, 0.1) is 0 Å². The van der Waals surface area contributed by atoms with Gasteiger partial charge in [-0.15, -0.1) is 24.2 Å². The first kappa shape index (κ1) is 10.9. The van der Waals surface area contributed by atoms with Gasteiger partial charge in [0.25, 0.3) is 0 Å². The summed E-state index contributed by atoms with van der Waals surface area (Å²) in [5.74, 6) is 0. The molecule has 0 aliphatic heterocycles. The summed E-state index contributed by atoms with van der Waals surface area (Å²) in [7, 11) is 0. The number of thiol groups is 1. The maximum atomic E-state index is 5.88. The summed E-state index contributed by atoms with van der Waals surface area (Å²) in [5, 5.41) is -0.00654. The average Bonchev–Trinajstić information content (AvgIpc) is 2.08. The maximum absolute atomic E-state index is 5.88. The molecule has 0 aromatic heterocycles. The molecule has 0 heterocycles. The normalized spacial score (nSPS) is 15.4. The minimum absolute atomic E-state index is 0.00466. The minimum atomic E-state index is -0.00654. The van der Waals surface area contributed by atoms with E-state index in [1.807, 2.05) is 31.2 Å². The predicted molar refractivity (Wildman–Crippen MR) is 60.7 cm³/mol. The highest BCUT2D eigenvalue weighted by Gasteiger charge is 2.11. The Hall–Kier alpha value is -0.180. The summed E-state index contributed by atoms with van der Waals surface area (Å²) in [6.45, 7) is 1.91. The van der Waals surface area contributed by atoms with Crippen molar-refractivity contribution in [2.24, 2.45) is 5.73 Å². The van der Waals surface area contributed by atoms with E-state index in [4.69, 9.17) is 17.3 Å². The van der Waals surface area contributed by atoms with Crippen LogP contribution in [-0.4, -0.2) is 11.4 Å². The molecule has 3 heteroatoms. The van der Waals surface area contributed by atoms with Gasteiger partial charge in [0.2, 0.25) is 0 Å². The topological polar surface area (TPSA) is 26.0 Å². The number of alkyl halides is 1. The van der Waals surface area contributed by atoms with E-state index in [0.29, 0.717) is 0 Å². The molecule has 2 atom stereocenters. The van der Waals surface area contributed by atoms with E-state index in [2.05, 4.69) is 12.6 Å². The Kier molecular flexibility index (Phi) is 4.10. The van der Waals surface area contributed by atoms with Gasteiger partial charge in [-0.25, -0.2) is 0 Å².